The molecule has 0 amide bonds. The molecule has 0 saturated carbocycles. The van der Waals surface area contributed by atoms with E-state index >= 15 is 0 Å². The first kappa shape index (κ1) is 8.30. The van der Waals surface area contributed by atoms with Crippen molar-refractivity contribution < 1.29 is 9.90 Å². The highest BCUT2D eigenvalue weighted by Gasteiger charge is 2.19. The number of rotatable bonds is 1. The van der Waals surface area contributed by atoms with Gasteiger partial charge in [0.05, 0.1) is 0 Å². The van der Waals surface area contributed by atoms with Crippen LogP contribution in [0.1, 0.15) is 29.9 Å². The Balaban J connectivity index is 2.45. The van der Waals surface area contributed by atoms with E-state index < -0.39 is 0 Å². The van der Waals surface area contributed by atoms with Gasteiger partial charge in [-0.2, -0.15) is 0 Å². The summed E-state index contributed by atoms with van der Waals surface area (Å²) in [6, 6.07) is 5.29. The molecule has 0 saturated heterocycles. The van der Waals surface area contributed by atoms with E-state index in [-0.39, 0.29) is 5.92 Å². The normalized spacial score (nSPS) is 20.8. The van der Waals surface area contributed by atoms with Crippen LogP contribution in [0, 0.1) is 0 Å². The van der Waals surface area contributed by atoms with E-state index in [0.717, 1.165) is 36.7 Å². The van der Waals surface area contributed by atoms with Crippen molar-refractivity contribution in [1.29, 1.82) is 0 Å². The molecule has 0 spiro atoms. The molecule has 2 nitrogen and oxygen atoms in total. The Morgan fingerprint density at radius 2 is 2.31 bits per heavy atom. The molecule has 0 heterocycles. The molecule has 1 aliphatic rings. The van der Waals surface area contributed by atoms with E-state index in [4.69, 9.17) is 0 Å². The predicted octanol–water partition coefficient (Wildman–Crippen LogP) is 2.01. The van der Waals surface area contributed by atoms with Crippen molar-refractivity contribution in [3.63, 3.8) is 0 Å². The van der Waals surface area contributed by atoms with Crippen molar-refractivity contribution >= 4 is 6.29 Å². The van der Waals surface area contributed by atoms with Gasteiger partial charge in [-0.3, -0.25) is 0 Å². The van der Waals surface area contributed by atoms with Crippen LogP contribution in [0.3, 0.4) is 0 Å². The summed E-state index contributed by atoms with van der Waals surface area (Å²) in [5.41, 5.74) is 2.22. The van der Waals surface area contributed by atoms with Gasteiger partial charge in [-0.1, -0.05) is 6.07 Å². The Kier molecular flexibility index (Phi) is 2.05. The molecule has 0 radical (unpaired) electrons. The van der Waals surface area contributed by atoms with E-state index in [0.29, 0.717) is 5.75 Å². The summed E-state index contributed by atoms with van der Waals surface area (Å²) in [5.74, 6) is 0.342. The summed E-state index contributed by atoms with van der Waals surface area (Å²) in [7, 11) is 0. The third-order valence-electron chi connectivity index (χ3n) is 2.65. The number of carbonyl (C=O) groups excluding carboxylic acids is 1. The van der Waals surface area contributed by atoms with Crippen LogP contribution >= 0.6 is 0 Å². The summed E-state index contributed by atoms with van der Waals surface area (Å²) in [6.45, 7) is 0. The van der Waals surface area contributed by atoms with Gasteiger partial charge in [0.25, 0.3) is 0 Å². The monoisotopic (exact) mass is 176 g/mol. The zero-order valence-electron chi connectivity index (χ0n) is 7.36. The van der Waals surface area contributed by atoms with Gasteiger partial charge in [0, 0.05) is 5.92 Å². The van der Waals surface area contributed by atoms with Crippen molar-refractivity contribution in [2.24, 2.45) is 0 Å². The molecule has 1 aliphatic carbocycles. The Morgan fingerprint density at radius 1 is 1.46 bits per heavy atom. The highest BCUT2D eigenvalue weighted by Crippen LogP contribution is 2.31. The van der Waals surface area contributed by atoms with Gasteiger partial charge < -0.3 is 9.90 Å². The minimum atomic E-state index is 0.0457. The molecule has 13 heavy (non-hydrogen) atoms. The van der Waals surface area contributed by atoms with Crippen LogP contribution in [-0.4, -0.2) is 11.4 Å². The van der Waals surface area contributed by atoms with Gasteiger partial charge >= 0.3 is 0 Å². The van der Waals surface area contributed by atoms with Crippen LogP contribution in [0.15, 0.2) is 18.2 Å². The minimum absolute atomic E-state index is 0.0457. The Bertz CT molecular complexity index is 331. The SMILES string of the molecule is O=CC1CCCc2cc(O)ccc21. The lowest BCUT2D eigenvalue weighted by Crippen LogP contribution is -2.10. The molecule has 2 heteroatoms. The first-order chi connectivity index (χ1) is 6.31. The highest BCUT2D eigenvalue weighted by molar-refractivity contribution is 5.64. The summed E-state index contributed by atoms with van der Waals surface area (Å²) >= 11 is 0. The molecular formula is C11H12O2. The van der Waals surface area contributed by atoms with E-state index in [1.807, 2.05) is 6.07 Å². The number of fused-ring (bicyclic) bond motifs is 1. The maximum absolute atomic E-state index is 10.7. The smallest absolute Gasteiger partial charge is 0.127 e. The number of phenols is 1. The quantitative estimate of drug-likeness (QED) is 0.664. The molecule has 1 atom stereocenters. The fourth-order valence-corrected chi connectivity index (χ4v) is 1.98. The largest absolute Gasteiger partial charge is 0.508 e. The van der Waals surface area contributed by atoms with Crippen LogP contribution in [0.5, 0.6) is 5.75 Å². The van der Waals surface area contributed by atoms with E-state index in [1.54, 1.807) is 12.1 Å². The molecular weight excluding hydrogens is 164 g/mol. The van der Waals surface area contributed by atoms with Crippen LogP contribution < -0.4 is 0 Å². The zero-order valence-corrected chi connectivity index (χ0v) is 7.36. The maximum atomic E-state index is 10.7. The van der Waals surface area contributed by atoms with Crippen molar-refractivity contribution in [3.05, 3.63) is 29.3 Å². The number of aldehydes is 1. The van der Waals surface area contributed by atoms with Crippen LogP contribution in [0.25, 0.3) is 0 Å². The Morgan fingerprint density at radius 3 is 3.08 bits per heavy atom. The van der Waals surface area contributed by atoms with Gasteiger partial charge in [-0.05, 0) is 42.5 Å². The molecule has 0 aromatic heterocycles. The molecule has 0 aliphatic heterocycles. The van der Waals surface area contributed by atoms with Gasteiger partial charge in [0.2, 0.25) is 0 Å². The molecule has 68 valence electrons. The number of aryl methyl sites for hydroxylation is 1. The van der Waals surface area contributed by atoms with Crippen molar-refractivity contribution in [3.8, 4) is 5.75 Å². The summed E-state index contributed by atoms with van der Waals surface area (Å²) in [6.07, 6.45) is 3.98. The average Bonchev–Trinajstić information content (AvgIpc) is 2.16. The first-order valence-corrected chi connectivity index (χ1v) is 4.58. The predicted molar refractivity (Wildman–Crippen MR) is 49.8 cm³/mol. The van der Waals surface area contributed by atoms with Gasteiger partial charge in [-0.15, -0.1) is 0 Å². The lowest BCUT2D eigenvalue weighted by molar-refractivity contribution is -0.109. The number of benzene rings is 1. The second-order valence-corrected chi connectivity index (χ2v) is 3.52. The lowest BCUT2D eigenvalue weighted by atomic mass is 9.84. The third-order valence-corrected chi connectivity index (χ3v) is 2.65. The molecule has 1 aromatic rings. The number of aromatic hydroxyl groups is 1. The Hall–Kier alpha value is -1.31. The highest BCUT2D eigenvalue weighted by atomic mass is 16.3. The molecule has 0 bridgehead atoms. The second-order valence-electron chi connectivity index (χ2n) is 3.52. The van der Waals surface area contributed by atoms with Crippen LogP contribution in [-0.2, 0) is 11.2 Å². The van der Waals surface area contributed by atoms with Gasteiger partial charge in [0.1, 0.15) is 12.0 Å². The molecule has 0 fully saturated rings. The number of hydrogen-bond acceptors (Lipinski definition) is 2. The fourth-order valence-electron chi connectivity index (χ4n) is 1.98. The topological polar surface area (TPSA) is 37.3 Å². The fraction of sp³-hybridized carbons (Fsp3) is 0.364. The van der Waals surface area contributed by atoms with E-state index in [2.05, 4.69) is 0 Å². The standard InChI is InChI=1S/C11H12O2/c12-7-9-3-1-2-8-6-10(13)4-5-11(8)9/h4-7,9,13H,1-3H2. The third kappa shape index (κ3) is 1.44. The second kappa shape index (κ2) is 3.21. The number of carbonyl (C=O) groups is 1. The van der Waals surface area contributed by atoms with E-state index in [1.165, 1.54) is 0 Å². The average molecular weight is 176 g/mol. The minimum Gasteiger partial charge on any atom is -0.508 e. The number of hydrogen-bond donors (Lipinski definition) is 1. The zero-order chi connectivity index (χ0) is 9.26. The molecule has 1 unspecified atom stereocenters. The lowest BCUT2D eigenvalue weighted by Gasteiger charge is -2.20. The summed E-state index contributed by atoms with van der Waals surface area (Å²) in [5, 5.41) is 9.26. The van der Waals surface area contributed by atoms with Crippen LogP contribution in [0.2, 0.25) is 0 Å². The summed E-state index contributed by atoms with van der Waals surface area (Å²) < 4.78 is 0. The van der Waals surface area contributed by atoms with Crippen molar-refractivity contribution in [2.75, 3.05) is 0 Å². The maximum Gasteiger partial charge on any atom is 0.127 e. The first-order valence-electron chi connectivity index (χ1n) is 4.58. The molecule has 2 rings (SSSR count). The molecule has 1 N–H and O–H groups in total. The van der Waals surface area contributed by atoms with Gasteiger partial charge in [0.15, 0.2) is 0 Å². The van der Waals surface area contributed by atoms with Crippen LogP contribution in [0.4, 0.5) is 0 Å². The summed E-state index contributed by atoms with van der Waals surface area (Å²) in [4.78, 5) is 10.7. The van der Waals surface area contributed by atoms with Crippen molar-refractivity contribution in [1.82, 2.24) is 0 Å². The molecule has 1 aromatic carbocycles. The Labute approximate surface area is 77.2 Å². The van der Waals surface area contributed by atoms with Gasteiger partial charge in [-0.25, -0.2) is 0 Å². The van der Waals surface area contributed by atoms with E-state index in [9.17, 15) is 9.90 Å². The number of phenolic OH excluding ortho intramolecular Hbond substituents is 1. The van der Waals surface area contributed by atoms with Crippen molar-refractivity contribution in [2.45, 2.75) is 25.2 Å².